The van der Waals surface area contributed by atoms with E-state index in [0.29, 0.717) is 18.7 Å². The molecule has 2 aliphatic heterocycles. The topological polar surface area (TPSA) is 107 Å². The molecule has 0 radical (unpaired) electrons. The van der Waals surface area contributed by atoms with E-state index in [4.69, 9.17) is 0 Å². The molecule has 2 heterocycles. The van der Waals surface area contributed by atoms with Gasteiger partial charge in [-0.2, -0.15) is 11.8 Å². The van der Waals surface area contributed by atoms with Crippen LogP contribution in [-0.2, 0) is 14.4 Å². The molecule has 0 aliphatic carbocycles. The third kappa shape index (κ3) is 3.01. The summed E-state index contributed by atoms with van der Waals surface area (Å²) >= 11 is 1.45. The Kier molecular flexibility index (Phi) is 4.77. The molecule has 3 N–H and O–H groups in total. The average molecular weight is 316 g/mol. The SMILES string of the molecule is CC(=O)NCCSC1CC2C([C@H](C)O)C(=O)N2[C@H]1C(=O)O. The minimum atomic E-state index is -1.01. The molecular formula is C13H20N2O5S. The second-order valence-electron chi connectivity index (χ2n) is 5.49. The Morgan fingerprint density at radius 2 is 2.19 bits per heavy atom. The van der Waals surface area contributed by atoms with Gasteiger partial charge < -0.3 is 20.4 Å². The van der Waals surface area contributed by atoms with Crippen molar-refractivity contribution in [2.45, 2.75) is 43.7 Å². The van der Waals surface area contributed by atoms with Crippen molar-refractivity contribution < 1.29 is 24.6 Å². The fourth-order valence-electron chi connectivity index (χ4n) is 3.14. The molecule has 2 amide bonds. The fraction of sp³-hybridized carbons (Fsp3) is 0.769. The van der Waals surface area contributed by atoms with Crippen LogP contribution in [0.5, 0.6) is 0 Å². The van der Waals surface area contributed by atoms with Crippen molar-refractivity contribution in [3.8, 4) is 0 Å². The molecule has 2 aliphatic rings. The summed E-state index contributed by atoms with van der Waals surface area (Å²) in [5.41, 5.74) is 0. The van der Waals surface area contributed by atoms with E-state index in [1.54, 1.807) is 6.92 Å². The summed E-state index contributed by atoms with van der Waals surface area (Å²) in [5.74, 6) is -1.28. The number of hydrogen-bond acceptors (Lipinski definition) is 5. The van der Waals surface area contributed by atoms with Gasteiger partial charge in [0.1, 0.15) is 6.04 Å². The number of amides is 2. The number of carbonyl (C=O) groups is 3. The minimum Gasteiger partial charge on any atom is -0.480 e. The number of nitrogens with zero attached hydrogens (tertiary/aromatic N) is 1. The number of carboxylic acid groups (broad SMARTS) is 1. The maximum absolute atomic E-state index is 12.0. The normalized spacial score (nSPS) is 32.3. The predicted octanol–water partition coefficient (Wildman–Crippen LogP) is -0.711. The van der Waals surface area contributed by atoms with Crippen LogP contribution in [-0.4, -0.2) is 68.6 Å². The number of aliphatic hydroxyl groups is 1. The third-order valence-electron chi connectivity index (χ3n) is 4.02. The fourth-order valence-corrected chi connectivity index (χ4v) is 4.43. The molecule has 2 rings (SSSR count). The van der Waals surface area contributed by atoms with Crippen molar-refractivity contribution in [1.82, 2.24) is 10.2 Å². The Hall–Kier alpha value is -1.28. The van der Waals surface area contributed by atoms with Gasteiger partial charge in [-0.3, -0.25) is 9.59 Å². The monoisotopic (exact) mass is 316 g/mol. The number of thioether (sulfide) groups is 1. The lowest BCUT2D eigenvalue weighted by molar-refractivity contribution is -0.169. The zero-order chi connectivity index (χ0) is 15.7. The first-order valence-electron chi connectivity index (χ1n) is 6.93. The molecular weight excluding hydrogens is 296 g/mol. The number of fused-ring (bicyclic) bond motifs is 1. The predicted molar refractivity (Wildman–Crippen MR) is 76.8 cm³/mol. The van der Waals surface area contributed by atoms with Crippen molar-refractivity contribution in [2.75, 3.05) is 12.3 Å². The van der Waals surface area contributed by atoms with Crippen LogP contribution >= 0.6 is 11.8 Å². The molecule has 118 valence electrons. The molecule has 5 atom stereocenters. The Bertz CT molecular complexity index is 456. The highest BCUT2D eigenvalue weighted by Gasteiger charge is 2.61. The van der Waals surface area contributed by atoms with Gasteiger partial charge in [0.05, 0.1) is 12.0 Å². The summed E-state index contributed by atoms with van der Waals surface area (Å²) in [7, 11) is 0. The van der Waals surface area contributed by atoms with Crippen LogP contribution in [0.3, 0.4) is 0 Å². The molecule has 21 heavy (non-hydrogen) atoms. The summed E-state index contributed by atoms with van der Waals surface area (Å²) in [6.07, 6.45) is -0.181. The number of carbonyl (C=O) groups excluding carboxylic acids is 2. The van der Waals surface area contributed by atoms with Crippen LogP contribution in [0.2, 0.25) is 0 Å². The van der Waals surface area contributed by atoms with Gasteiger partial charge in [-0.1, -0.05) is 0 Å². The molecule has 0 spiro atoms. The van der Waals surface area contributed by atoms with Crippen LogP contribution < -0.4 is 5.32 Å². The van der Waals surface area contributed by atoms with Crippen molar-refractivity contribution in [3.63, 3.8) is 0 Å². The van der Waals surface area contributed by atoms with E-state index < -0.39 is 24.0 Å². The van der Waals surface area contributed by atoms with Gasteiger partial charge in [0, 0.05) is 30.5 Å². The molecule has 0 aromatic heterocycles. The zero-order valence-corrected chi connectivity index (χ0v) is 12.8. The van der Waals surface area contributed by atoms with E-state index in [0.717, 1.165) is 0 Å². The number of aliphatic carboxylic acids is 1. The molecule has 2 fully saturated rings. The average Bonchev–Trinajstić information content (AvgIpc) is 2.68. The second kappa shape index (κ2) is 6.23. The number of aliphatic hydroxyl groups excluding tert-OH is 1. The van der Waals surface area contributed by atoms with Gasteiger partial charge in [-0.05, 0) is 13.3 Å². The number of hydrogen-bond donors (Lipinski definition) is 3. The molecule has 0 bridgehead atoms. The van der Waals surface area contributed by atoms with Crippen molar-refractivity contribution in [3.05, 3.63) is 0 Å². The summed E-state index contributed by atoms with van der Waals surface area (Å²) < 4.78 is 0. The minimum absolute atomic E-state index is 0.120. The largest absolute Gasteiger partial charge is 0.480 e. The van der Waals surface area contributed by atoms with Crippen LogP contribution in [0.15, 0.2) is 0 Å². The van der Waals surface area contributed by atoms with E-state index >= 15 is 0 Å². The first kappa shape index (κ1) is 16.1. The van der Waals surface area contributed by atoms with Gasteiger partial charge in [-0.15, -0.1) is 0 Å². The first-order valence-corrected chi connectivity index (χ1v) is 7.98. The van der Waals surface area contributed by atoms with Crippen LogP contribution in [0.25, 0.3) is 0 Å². The molecule has 0 saturated carbocycles. The van der Waals surface area contributed by atoms with Gasteiger partial charge in [-0.25, -0.2) is 4.79 Å². The Labute approximate surface area is 127 Å². The molecule has 2 saturated heterocycles. The van der Waals surface area contributed by atoms with Gasteiger partial charge in [0.25, 0.3) is 0 Å². The molecule has 0 aromatic rings. The lowest BCUT2D eigenvalue weighted by Gasteiger charge is -2.45. The molecule has 3 unspecified atom stereocenters. The Balaban J connectivity index is 1.97. The van der Waals surface area contributed by atoms with Crippen molar-refractivity contribution in [2.24, 2.45) is 5.92 Å². The highest BCUT2D eigenvalue weighted by atomic mass is 32.2. The first-order chi connectivity index (χ1) is 9.84. The maximum atomic E-state index is 12.0. The number of carboxylic acids is 1. The standard InChI is InChI=1S/C13H20N2O5S/c1-6(16)10-8-5-9(21-4-3-14-7(2)17)11(13(19)20)15(8)12(10)18/h6,8-11,16H,3-5H2,1-2H3,(H,14,17)(H,19,20)/t6-,8?,9?,10?,11+/m0/s1. The van der Waals surface area contributed by atoms with Crippen LogP contribution in [0.1, 0.15) is 20.3 Å². The lowest BCUT2D eigenvalue weighted by Crippen LogP contribution is -2.64. The number of rotatable bonds is 6. The molecule has 7 nitrogen and oxygen atoms in total. The smallest absolute Gasteiger partial charge is 0.327 e. The third-order valence-corrected chi connectivity index (χ3v) is 5.34. The van der Waals surface area contributed by atoms with E-state index in [9.17, 15) is 24.6 Å². The highest BCUT2D eigenvalue weighted by Crippen LogP contribution is 2.45. The van der Waals surface area contributed by atoms with E-state index in [2.05, 4.69) is 5.32 Å². The maximum Gasteiger partial charge on any atom is 0.327 e. The van der Waals surface area contributed by atoms with Gasteiger partial charge in [0.15, 0.2) is 0 Å². The second-order valence-corrected chi connectivity index (χ2v) is 6.84. The van der Waals surface area contributed by atoms with Crippen molar-refractivity contribution in [1.29, 1.82) is 0 Å². The van der Waals surface area contributed by atoms with E-state index in [1.807, 2.05) is 0 Å². The van der Waals surface area contributed by atoms with Crippen molar-refractivity contribution >= 4 is 29.5 Å². The summed E-state index contributed by atoms with van der Waals surface area (Å²) in [4.78, 5) is 35.6. The quantitative estimate of drug-likeness (QED) is 0.441. The highest BCUT2D eigenvalue weighted by molar-refractivity contribution is 8.00. The van der Waals surface area contributed by atoms with E-state index in [-0.39, 0.29) is 23.1 Å². The van der Waals surface area contributed by atoms with E-state index in [1.165, 1.54) is 23.6 Å². The van der Waals surface area contributed by atoms with Gasteiger partial charge in [0.2, 0.25) is 11.8 Å². The summed E-state index contributed by atoms with van der Waals surface area (Å²) in [6, 6.07) is -1.02. The number of β-lactam (4-membered cyclic amide) rings is 1. The van der Waals surface area contributed by atoms with Gasteiger partial charge >= 0.3 is 5.97 Å². The number of nitrogens with one attached hydrogen (secondary N) is 1. The summed E-state index contributed by atoms with van der Waals surface area (Å²) in [5, 5.41) is 21.4. The van der Waals surface area contributed by atoms with Crippen LogP contribution in [0, 0.1) is 5.92 Å². The molecule has 0 aromatic carbocycles. The Morgan fingerprint density at radius 3 is 2.71 bits per heavy atom. The zero-order valence-electron chi connectivity index (χ0n) is 12.0. The summed E-state index contributed by atoms with van der Waals surface area (Å²) in [6.45, 7) is 3.46. The molecule has 8 heteroatoms. The lowest BCUT2D eigenvalue weighted by atomic mass is 9.84. The Morgan fingerprint density at radius 1 is 1.52 bits per heavy atom. The van der Waals surface area contributed by atoms with Crippen LogP contribution in [0.4, 0.5) is 0 Å².